The maximum Gasteiger partial charge on any atom is 0.408 e. The highest BCUT2D eigenvalue weighted by Gasteiger charge is 2.53. The van der Waals surface area contributed by atoms with Gasteiger partial charge in [-0.1, -0.05) is 77.0 Å². The van der Waals surface area contributed by atoms with Crippen LogP contribution in [-0.4, -0.2) is 139 Å². The zero-order valence-corrected chi connectivity index (χ0v) is 43.8. The summed E-state index contributed by atoms with van der Waals surface area (Å²) in [5.74, 6) is -6.05. The number of rotatable bonds is 8. The van der Waals surface area contributed by atoms with E-state index in [1.54, 1.807) is 48.0 Å². The van der Waals surface area contributed by atoms with Gasteiger partial charge in [-0.3, -0.25) is 19.2 Å². The molecule has 0 unspecified atom stereocenters. The average Bonchev–Trinajstić information content (AvgIpc) is 3.35. The zero-order chi connectivity index (χ0) is 52.6. The van der Waals surface area contributed by atoms with Crippen LogP contribution in [0.2, 0.25) is 0 Å². The summed E-state index contributed by atoms with van der Waals surface area (Å²) in [6.45, 7) is 12.5. The number of hydrogen-bond acceptors (Lipinski definition) is 14. The molecule has 0 aromatic rings. The Balaban J connectivity index is 1.69. The van der Waals surface area contributed by atoms with E-state index in [0.29, 0.717) is 69.8 Å². The molecule has 3 heterocycles. The van der Waals surface area contributed by atoms with Crippen molar-refractivity contribution in [2.75, 3.05) is 34.5 Å². The number of allylic oxidation sites excluding steroid dienone is 6. The maximum atomic E-state index is 14.5. The molecule has 15 atom stereocenters. The number of hydrogen-bond donors (Lipinski definition) is 3. The zero-order valence-electron chi connectivity index (χ0n) is 43.8. The predicted octanol–water partition coefficient (Wildman–Crippen LogP) is 6.55. The molecule has 2 bridgehead atoms. The Hall–Kier alpha value is -4.50. The third-order valence-corrected chi connectivity index (χ3v) is 15.1. The summed E-state index contributed by atoms with van der Waals surface area (Å²) in [6, 6.07) is -1.51. The van der Waals surface area contributed by atoms with Crippen molar-refractivity contribution >= 4 is 35.3 Å². The van der Waals surface area contributed by atoms with E-state index in [-0.39, 0.29) is 61.5 Å². The number of amides is 2. The molecule has 1 aliphatic carbocycles. The SMILES string of the molecule is C#CCOC(=O)N[C@H]1CC[C@@H](C[C@@H](C)[C@@H]2CC(=O)[C@H](C)/C=C(\C)[C@@H](O)[C@@H](OC)C(=O)[C@H](C)C[C@H](C)/C=C/C=C/C=C(\C)[C@@H](OC)C[C@@H]3CC[C@@H](C)[C@@](O)(O3)C(=O)C(=O)N3CCCC[C@H]3C(=O)O2)C[C@H]1OC. The van der Waals surface area contributed by atoms with Crippen LogP contribution in [0.1, 0.15) is 126 Å². The van der Waals surface area contributed by atoms with Crippen LogP contribution in [0.3, 0.4) is 0 Å². The van der Waals surface area contributed by atoms with Crippen molar-refractivity contribution in [1.29, 1.82) is 0 Å². The molecule has 0 radical (unpaired) electrons. The van der Waals surface area contributed by atoms with E-state index in [4.69, 9.17) is 34.8 Å². The molecule has 16 heteroatoms. The molecule has 71 heavy (non-hydrogen) atoms. The monoisotopic (exact) mass is 995 g/mol. The molecule has 4 rings (SSSR count). The number of aliphatic hydroxyl groups excluding tert-OH is 1. The van der Waals surface area contributed by atoms with Gasteiger partial charge < -0.3 is 48.9 Å². The Kier molecular flexibility index (Phi) is 23.4. The van der Waals surface area contributed by atoms with Gasteiger partial charge in [0.25, 0.3) is 11.7 Å². The van der Waals surface area contributed by atoms with Crippen LogP contribution in [0.15, 0.2) is 47.6 Å². The Morgan fingerprint density at radius 1 is 0.930 bits per heavy atom. The van der Waals surface area contributed by atoms with Crippen molar-refractivity contribution in [3.05, 3.63) is 47.6 Å². The lowest BCUT2D eigenvalue weighted by Crippen LogP contribution is -2.61. The molecule has 396 valence electrons. The number of alkyl carbamates (subject to hydrolysis) is 1. The largest absolute Gasteiger partial charge is 0.460 e. The first-order chi connectivity index (χ1) is 33.7. The van der Waals surface area contributed by atoms with E-state index in [1.807, 2.05) is 51.2 Å². The van der Waals surface area contributed by atoms with Crippen LogP contribution >= 0.6 is 0 Å². The predicted molar refractivity (Wildman–Crippen MR) is 266 cm³/mol. The number of carbonyl (C=O) groups is 6. The van der Waals surface area contributed by atoms with Crippen molar-refractivity contribution < 1.29 is 67.4 Å². The van der Waals surface area contributed by atoms with Gasteiger partial charge in [-0.05, 0) is 107 Å². The smallest absolute Gasteiger partial charge is 0.408 e. The first kappa shape index (κ1) is 59.1. The fourth-order valence-corrected chi connectivity index (χ4v) is 10.6. The molecular formula is C55H82N2O14. The number of terminal acetylenes is 1. The summed E-state index contributed by atoms with van der Waals surface area (Å²) in [4.78, 5) is 84.7. The number of carbonyl (C=O) groups excluding carboxylic acids is 6. The number of ether oxygens (including phenoxy) is 6. The van der Waals surface area contributed by atoms with E-state index in [0.717, 1.165) is 5.57 Å². The summed E-state index contributed by atoms with van der Waals surface area (Å²) < 4.78 is 34.7. The highest BCUT2D eigenvalue weighted by molar-refractivity contribution is 6.39. The topological polar surface area (TPSA) is 214 Å². The highest BCUT2D eigenvalue weighted by atomic mass is 16.6. The minimum absolute atomic E-state index is 0.00323. The summed E-state index contributed by atoms with van der Waals surface area (Å²) in [5.41, 5.74) is 1.23. The fraction of sp³-hybridized carbons (Fsp3) is 0.709. The number of piperidine rings is 1. The number of ketones is 3. The number of aliphatic hydroxyl groups is 2. The Morgan fingerprint density at radius 2 is 1.66 bits per heavy atom. The van der Waals surface area contributed by atoms with Crippen molar-refractivity contribution in [3.8, 4) is 12.3 Å². The third kappa shape index (κ3) is 16.2. The average molecular weight is 995 g/mol. The third-order valence-electron chi connectivity index (χ3n) is 15.1. The van der Waals surface area contributed by atoms with Gasteiger partial charge in [0, 0.05) is 58.5 Å². The number of Topliss-reactive ketones (excluding diaryl/α,β-unsaturated/α-hetero) is 3. The first-order valence-electron chi connectivity index (χ1n) is 25.5. The molecule has 2 amide bonds. The van der Waals surface area contributed by atoms with Gasteiger partial charge in [0.1, 0.15) is 30.1 Å². The van der Waals surface area contributed by atoms with Crippen molar-refractivity contribution in [2.45, 2.75) is 180 Å². The summed E-state index contributed by atoms with van der Waals surface area (Å²) in [6.07, 6.45) is 15.9. The van der Waals surface area contributed by atoms with Gasteiger partial charge in [-0.2, -0.15) is 0 Å². The second-order valence-electron chi connectivity index (χ2n) is 20.6. The van der Waals surface area contributed by atoms with Crippen LogP contribution in [0.25, 0.3) is 0 Å². The molecular weight excluding hydrogens is 913 g/mol. The second-order valence-corrected chi connectivity index (χ2v) is 20.6. The molecule has 0 aromatic carbocycles. The fourth-order valence-electron chi connectivity index (χ4n) is 10.6. The van der Waals surface area contributed by atoms with E-state index in [1.165, 1.54) is 12.0 Å². The molecule has 3 fully saturated rings. The van der Waals surface area contributed by atoms with Gasteiger partial charge in [0.05, 0.1) is 24.4 Å². The molecule has 3 N–H and O–H groups in total. The van der Waals surface area contributed by atoms with Gasteiger partial charge >= 0.3 is 12.1 Å². The van der Waals surface area contributed by atoms with E-state index >= 15 is 0 Å². The van der Waals surface area contributed by atoms with Crippen molar-refractivity contribution in [2.24, 2.45) is 35.5 Å². The van der Waals surface area contributed by atoms with E-state index < -0.39 is 89.8 Å². The Labute approximate surface area is 421 Å². The first-order valence-corrected chi connectivity index (χ1v) is 25.5. The number of cyclic esters (lactones) is 1. The van der Waals surface area contributed by atoms with Crippen LogP contribution in [0, 0.1) is 47.9 Å². The number of nitrogens with zero attached hydrogens (tertiary/aromatic N) is 1. The van der Waals surface area contributed by atoms with Gasteiger partial charge in [0.2, 0.25) is 5.79 Å². The Bertz CT molecular complexity index is 2010. The normalized spacial score (nSPS) is 37.7. The highest BCUT2D eigenvalue weighted by Crippen LogP contribution is 2.38. The van der Waals surface area contributed by atoms with Crippen LogP contribution in [-0.2, 0) is 52.4 Å². The van der Waals surface area contributed by atoms with E-state index in [2.05, 4.69) is 11.2 Å². The van der Waals surface area contributed by atoms with Crippen molar-refractivity contribution in [3.63, 3.8) is 0 Å². The van der Waals surface area contributed by atoms with Crippen LogP contribution in [0.4, 0.5) is 4.79 Å². The molecule has 3 aliphatic heterocycles. The summed E-state index contributed by atoms with van der Waals surface area (Å²) >= 11 is 0. The number of methoxy groups -OCH3 is 3. The molecule has 4 aliphatic rings. The molecule has 1 saturated carbocycles. The lowest BCUT2D eigenvalue weighted by Gasteiger charge is -2.42. The summed E-state index contributed by atoms with van der Waals surface area (Å²) in [7, 11) is 4.50. The summed E-state index contributed by atoms with van der Waals surface area (Å²) in [5, 5.41) is 26.3. The lowest BCUT2D eigenvalue weighted by molar-refractivity contribution is -0.265. The lowest BCUT2D eigenvalue weighted by atomic mass is 9.77. The number of esters is 1. The van der Waals surface area contributed by atoms with Gasteiger partial charge in [0.15, 0.2) is 12.4 Å². The quantitative estimate of drug-likeness (QED) is 0.102. The minimum atomic E-state index is -2.45. The van der Waals surface area contributed by atoms with Crippen LogP contribution < -0.4 is 5.32 Å². The minimum Gasteiger partial charge on any atom is -0.460 e. The molecule has 16 nitrogen and oxygen atoms in total. The van der Waals surface area contributed by atoms with Crippen LogP contribution in [0.5, 0.6) is 0 Å². The standard InChI is InChI=1S/C55H82N2O14/c1-12-26-69-54(64)56-42-24-22-40(30-47(42)67-10)29-36(5)46-32-44(58)35(4)28-38(7)49(60)50(68-11)48(59)37(6)27-33(2)18-14-13-15-19-34(3)45(66-9)31-41-23-21-39(8)55(65,71-41)51(61)52(62)57-25-17-16-20-43(57)53(63)70-46/h1,13-15,18-19,28,33,35-37,39-43,45-47,49-50,60,65H,16-17,20-27,29-32H2,2-11H3,(H,56,64)/b15-13+,18-14+,34-19+,38-28+/t33-,35-,36-,37-,39-,40+,41+,42+,43+,45+,46+,47-,49-,50+,55-/m1/s1. The second kappa shape index (κ2) is 28.1. The van der Waals surface area contributed by atoms with Crippen molar-refractivity contribution in [1.82, 2.24) is 10.2 Å². The molecule has 0 spiro atoms. The Morgan fingerprint density at radius 3 is 2.34 bits per heavy atom. The maximum absolute atomic E-state index is 14.5. The number of nitrogens with one attached hydrogen (secondary N) is 1. The molecule has 0 aromatic heterocycles. The molecule has 2 saturated heterocycles. The van der Waals surface area contributed by atoms with E-state index in [9.17, 15) is 39.0 Å². The van der Waals surface area contributed by atoms with Gasteiger partial charge in [-0.15, -0.1) is 6.42 Å². The van der Waals surface area contributed by atoms with Gasteiger partial charge in [-0.25, -0.2) is 9.59 Å². The number of fused-ring (bicyclic) bond motifs is 3.